The van der Waals surface area contributed by atoms with Gasteiger partial charge in [-0.3, -0.25) is 4.99 Å². The van der Waals surface area contributed by atoms with E-state index in [1.165, 1.54) is 6.26 Å². The van der Waals surface area contributed by atoms with Gasteiger partial charge in [0, 0.05) is 37.7 Å². The lowest BCUT2D eigenvalue weighted by molar-refractivity contribution is -0.140. The van der Waals surface area contributed by atoms with Crippen LogP contribution in [0.4, 0.5) is 13.2 Å². The molecule has 146 valence electrons. The number of halogens is 4. The highest BCUT2D eigenvalue weighted by Crippen LogP contribution is 2.29. The number of aromatic nitrogens is 1. The SMILES string of the molecule is CCNC(=NCCCS(C)(=O)=O)NCCc1nc(C(F)(F)F)cs1.I. The van der Waals surface area contributed by atoms with E-state index in [0.29, 0.717) is 43.4 Å². The molecule has 0 radical (unpaired) electrons. The molecule has 1 rings (SSSR count). The number of hydrogen-bond donors (Lipinski definition) is 2. The molecule has 0 unspecified atom stereocenters. The Morgan fingerprint density at radius 2 is 2.04 bits per heavy atom. The first-order valence-corrected chi connectivity index (χ1v) is 10.3. The molecule has 1 aromatic rings. The second kappa shape index (κ2) is 11.2. The van der Waals surface area contributed by atoms with Crippen LogP contribution in [0.15, 0.2) is 10.4 Å². The van der Waals surface area contributed by atoms with Crippen LogP contribution >= 0.6 is 35.3 Å². The molecule has 0 aliphatic carbocycles. The number of hydrogen-bond acceptors (Lipinski definition) is 5. The summed E-state index contributed by atoms with van der Waals surface area (Å²) in [6, 6.07) is 0. The van der Waals surface area contributed by atoms with Crippen LogP contribution < -0.4 is 10.6 Å². The molecule has 0 aromatic carbocycles. The molecule has 0 fully saturated rings. The summed E-state index contributed by atoms with van der Waals surface area (Å²) < 4.78 is 59.5. The van der Waals surface area contributed by atoms with Crippen LogP contribution in [0.25, 0.3) is 0 Å². The van der Waals surface area contributed by atoms with Gasteiger partial charge in [0.2, 0.25) is 0 Å². The minimum absolute atomic E-state index is 0. The maximum Gasteiger partial charge on any atom is 0.434 e. The molecule has 0 bridgehead atoms. The average molecular weight is 514 g/mol. The van der Waals surface area contributed by atoms with Gasteiger partial charge in [0.05, 0.1) is 10.8 Å². The van der Waals surface area contributed by atoms with Crippen LogP contribution in [-0.2, 0) is 22.4 Å². The van der Waals surface area contributed by atoms with Crippen molar-refractivity contribution in [3.8, 4) is 0 Å². The molecule has 1 heterocycles. The van der Waals surface area contributed by atoms with E-state index in [0.717, 1.165) is 16.7 Å². The summed E-state index contributed by atoms with van der Waals surface area (Å²) in [5, 5.41) is 7.37. The minimum Gasteiger partial charge on any atom is -0.357 e. The van der Waals surface area contributed by atoms with Crippen LogP contribution in [-0.4, -0.2) is 51.0 Å². The maximum absolute atomic E-state index is 12.5. The topological polar surface area (TPSA) is 83.5 Å². The summed E-state index contributed by atoms with van der Waals surface area (Å²) in [7, 11) is -3.01. The summed E-state index contributed by atoms with van der Waals surface area (Å²) in [6.45, 7) is 3.22. The molecule has 1 aromatic heterocycles. The highest BCUT2D eigenvalue weighted by Gasteiger charge is 2.33. The van der Waals surface area contributed by atoms with Crippen molar-refractivity contribution < 1.29 is 21.6 Å². The molecule has 0 aliphatic heterocycles. The first kappa shape index (κ1) is 24.4. The van der Waals surface area contributed by atoms with Gasteiger partial charge < -0.3 is 10.6 Å². The standard InChI is InChI=1S/C13H21F3N4O2S2.HI/c1-3-17-12(18-6-4-8-24(2,21)22)19-7-5-11-20-10(9-23-11)13(14,15)16;/h9H,3-8H2,1-2H3,(H2,17,18,19);1H. The highest BCUT2D eigenvalue weighted by molar-refractivity contribution is 14.0. The van der Waals surface area contributed by atoms with Gasteiger partial charge in [0.25, 0.3) is 0 Å². The Hall–Kier alpha value is -0.630. The van der Waals surface area contributed by atoms with Gasteiger partial charge in [-0.2, -0.15) is 13.2 Å². The Bertz CT molecular complexity index is 648. The summed E-state index contributed by atoms with van der Waals surface area (Å²) in [5.41, 5.74) is -0.871. The van der Waals surface area contributed by atoms with E-state index in [2.05, 4.69) is 20.6 Å². The second-order valence-electron chi connectivity index (χ2n) is 5.05. The normalized spacial score (nSPS) is 12.6. The van der Waals surface area contributed by atoms with Crippen molar-refractivity contribution in [1.29, 1.82) is 0 Å². The lowest BCUT2D eigenvalue weighted by atomic mass is 10.4. The maximum atomic E-state index is 12.5. The Labute approximate surface area is 166 Å². The van der Waals surface area contributed by atoms with Crippen LogP contribution in [0.3, 0.4) is 0 Å². The van der Waals surface area contributed by atoms with Gasteiger partial charge in [0.1, 0.15) is 9.84 Å². The van der Waals surface area contributed by atoms with E-state index in [4.69, 9.17) is 0 Å². The lowest BCUT2D eigenvalue weighted by Gasteiger charge is -2.10. The van der Waals surface area contributed by atoms with Crippen molar-refractivity contribution >= 4 is 51.1 Å². The van der Waals surface area contributed by atoms with E-state index < -0.39 is 21.7 Å². The van der Waals surface area contributed by atoms with Crippen molar-refractivity contribution in [3.63, 3.8) is 0 Å². The van der Waals surface area contributed by atoms with E-state index in [1.807, 2.05) is 6.92 Å². The zero-order chi connectivity index (χ0) is 18.2. The fraction of sp³-hybridized carbons (Fsp3) is 0.692. The molecule has 0 atom stereocenters. The molecule has 2 N–H and O–H groups in total. The van der Waals surface area contributed by atoms with E-state index >= 15 is 0 Å². The molecule has 25 heavy (non-hydrogen) atoms. The summed E-state index contributed by atoms with van der Waals surface area (Å²) >= 11 is 0.968. The number of alkyl halides is 3. The van der Waals surface area contributed by atoms with Crippen molar-refractivity contribution in [2.45, 2.75) is 25.9 Å². The Balaban J connectivity index is 0.00000576. The number of sulfone groups is 1. The smallest absolute Gasteiger partial charge is 0.357 e. The predicted molar refractivity (Wildman–Crippen MR) is 105 cm³/mol. The van der Waals surface area contributed by atoms with E-state index in [-0.39, 0.29) is 29.7 Å². The van der Waals surface area contributed by atoms with Gasteiger partial charge in [-0.25, -0.2) is 13.4 Å². The lowest BCUT2D eigenvalue weighted by Crippen LogP contribution is -2.38. The number of nitrogens with one attached hydrogen (secondary N) is 2. The van der Waals surface area contributed by atoms with Crippen LogP contribution in [0.2, 0.25) is 0 Å². The average Bonchev–Trinajstić information content (AvgIpc) is 2.91. The fourth-order valence-electron chi connectivity index (χ4n) is 1.70. The van der Waals surface area contributed by atoms with Gasteiger partial charge in [0.15, 0.2) is 11.7 Å². The summed E-state index contributed by atoms with van der Waals surface area (Å²) in [4.78, 5) is 7.78. The van der Waals surface area contributed by atoms with E-state index in [1.54, 1.807) is 0 Å². The summed E-state index contributed by atoms with van der Waals surface area (Å²) in [5.74, 6) is 0.563. The van der Waals surface area contributed by atoms with Gasteiger partial charge in [-0.1, -0.05) is 0 Å². The molecular weight excluding hydrogens is 492 g/mol. The Morgan fingerprint density at radius 3 is 2.56 bits per heavy atom. The second-order valence-corrected chi connectivity index (χ2v) is 8.25. The molecule has 0 saturated carbocycles. The zero-order valence-electron chi connectivity index (χ0n) is 13.9. The number of rotatable bonds is 8. The largest absolute Gasteiger partial charge is 0.434 e. The summed E-state index contributed by atoms with van der Waals surface area (Å²) in [6.07, 6.45) is -2.49. The zero-order valence-corrected chi connectivity index (χ0v) is 17.9. The molecule has 0 amide bonds. The Morgan fingerprint density at radius 1 is 1.36 bits per heavy atom. The number of aliphatic imine (C=N–C) groups is 1. The van der Waals surface area contributed by atoms with Crippen LogP contribution in [0, 0.1) is 0 Å². The van der Waals surface area contributed by atoms with Crippen molar-refractivity contribution in [1.82, 2.24) is 15.6 Å². The third-order valence-corrected chi connectivity index (χ3v) is 4.70. The molecular formula is C13H22F3IN4O2S2. The molecule has 12 heteroatoms. The van der Waals surface area contributed by atoms with E-state index in [9.17, 15) is 21.6 Å². The molecule has 0 aliphatic rings. The predicted octanol–water partition coefficient (Wildman–Crippen LogP) is 2.31. The fourth-order valence-corrected chi connectivity index (χ4v) is 3.16. The van der Waals surface area contributed by atoms with Gasteiger partial charge >= 0.3 is 6.18 Å². The monoisotopic (exact) mass is 514 g/mol. The van der Waals surface area contributed by atoms with Crippen molar-refractivity contribution in [3.05, 3.63) is 16.1 Å². The third-order valence-electron chi connectivity index (χ3n) is 2.76. The van der Waals surface area contributed by atoms with Crippen molar-refractivity contribution in [2.24, 2.45) is 4.99 Å². The quantitative estimate of drug-likeness (QED) is 0.241. The molecule has 0 saturated heterocycles. The molecule has 0 spiro atoms. The van der Waals surface area contributed by atoms with Crippen LogP contribution in [0.1, 0.15) is 24.0 Å². The minimum atomic E-state index is -4.42. The Kier molecular flexibility index (Phi) is 10.9. The molecule has 6 nitrogen and oxygen atoms in total. The number of nitrogens with zero attached hydrogens (tertiary/aromatic N) is 2. The first-order chi connectivity index (χ1) is 11.1. The van der Waals surface area contributed by atoms with Crippen molar-refractivity contribution in [2.75, 3.05) is 31.6 Å². The number of thiazole rings is 1. The van der Waals surface area contributed by atoms with Gasteiger partial charge in [-0.05, 0) is 13.3 Å². The highest BCUT2D eigenvalue weighted by atomic mass is 127. The number of guanidine groups is 1. The third kappa shape index (κ3) is 10.8. The van der Waals surface area contributed by atoms with Crippen LogP contribution in [0.5, 0.6) is 0 Å². The van der Waals surface area contributed by atoms with Gasteiger partial charge in [-0.15, -0.1) is 35.3 Å². The first-order valence-electron chi connectivity index (χ1n) is 7.33.